The zero-order chi connectivity index (χ0) is 24.2. The molecule has 8 nitrogen and oxygen atoms in total. The largest absolute Gasteiger partial charge is 0.388 e. The SMILES string of the molecule is CC(=O)Nc1cn2nc(-c3ccc(C)c(C(=O)NCC[C@@H](O)c4ccc(Cl)cc4)c3)ccc2n1. The predicted octanol–water partition coefficient (Wildman–Crippen LogP) is 4.17. The minimum absolute atomic E-state index is 0.210. The fraction of sp³-hybridized carbons (Fsp3) is 0.200. The lowest BCUT2D eigenvalue weighted by atomic mass is 10.0. The number of aromatic nitrogens is 3. The number of aryl methyl sites for hydroxylation is 1. The Morgan fingerprint density at radius 2 is 1.88 bits per heavy atom. The van der Waals surface area contributed by atoms with Crippen LogP contribution in [0.2, 0.25) is 5.02 Å². The quantitative estimate of drug-likeness (QED) is 0.370. The van der Waals surface area contributed by atoms with Crippen molar-refractivity contribution in [3.8, 4) is 11.3 Å². The Hall–Kier alpha value is -3.75. The van der Waals surface area contributed by atoms with Crippen LogP contribution in [0, 0.1) is 6.92 Å². The van der Waals surface area contributed by atoms with Gasteiger partial charge in [0.25, 0.3) is 5.91 Å². The molecule has 0 saturated heterocycles. The summed E-state index contributed by atoms with van der Waals surface area (Å²) in [7, 11) is 0. The smallest absolute Gasteiger partial charge is 0.251 e. The van der Waals surface area contributed by atoms with Crippen LogP contribution in [0.15, 0.2) is 60.8 Å². The van der Waals surface area contributed by atoms with Crippen LogP contribution >= 0.6 is 11.6 Å². The molecule has 2 amide bonds. The average molecular weight is 478 g/mol. The van der Waals surface area contributed by atoms with E-state index in [0.29, 0.717) is 40.7 Å². The Morgan fingerprint density at radius 1 is 1.12 bits per heavy atom. The van der Waals surface area contributed by atoms with Crippen molar-refractivity contribution < 1.29 is 14.7 Å². The van der Waals surface area contributed by atoms with Gasteiger partial charge in [0, 0.05) is 29.6 Å². The normalized spacial score (nSPS) is 11.9. The molecule has 3 N–H and O–H groups in total. The van der Waals surface area contributed by atoms with Gasteiger partial charge in [0.1, 0.15) is 0 Å². The Bertz CT molecular complexity index is 1350. The number of anilines is 1. The number of nitrogens with one attached hydrogen (secondary N) is 2. The van der Waals surface area contributed by atoms with Crippen molar-refractivity contribution in [2.45, 2.75) is 26.4 Å². The van der Waals surface area contributed by atoms with Crippen molar-refractivity contribution in [2.24, 2.45) is 0 Å². The van der Waals surface area contributed by atoms with Crippen LogP contribution in [0.1, 0.15) is 40.9 Å². The second-order valence-corrected chi connectivity index (χ2v) is 8.41. The summed E-state index contributed by atoms with van der Waals surface area (Å²) >= 11 is 5.89. The molecule has 174 valence electrons. The topological polar surface area (TPSA) is 109 Å². The van der Waals surface area contributed by atoms with E-state index in [-0.39, 0.29) is 11.8 Å². The lowest BCUT2D eigenvalue weighted by Gasteiger charge is -2.13. The highest BCUT2D eigenvalue weighted by Gasteiger charge is 2.14. The molecule has 0 aliphatic heterocycles. The number of carbonyl (C=O) groups excluding carboxylic acids is 2. The van der Waals surface area contributed by atoms with Crippen molar-refractivity contribution in [1.82, 2.24) is 19.9 Å². The van der Waals surface area contributed by atoms with Gasteiger partial charge in [-0.05, 0) is 54.8 Å². The Balaban J connectivity index is 1.46. The standard InChI is InChI=1S/C25H24ClN5O3/c1-15-3-4-18(21-9-10-24-29-23(28-16(2)32)14-31(24)30-21)13-20(15)25(34)27-12-11-22(33)17-5-7-19(26)8-6-17/h3-10,13-14,22,33H,11-12H2,1-2H3,(H,27,34)(H,28,32)/t22-/m1/s1. The van der Waals surface area contributed by atoms with E-state index in [9.17, 15) is 14.7 Å². The number of hydrogen-bond acceptors (Lipinski definition) is 5. The second-order valence-electron chi connectivity index (χ2n) is 7.97. The summed E-state index contributed by atoms with van der Waals surface area (Å²) in [5.41, 5.74) is 4.14. The van der Waals surface area contributed by atoms with E-state index in [2.05, 4.69) is 20.7 Å². The van der Waals surface area contributed by atoms with E-state index < -0.39 is 6.10 Å². The fourth-order valence-electron chi connectivity index (χ4n) is 3.57. The van der Waals surface area contributed by atoms with Gasteiger partial charge in [0.05, 0.1) is 18.0 Å². The summed E-state index contributed by atoms with van der Waals surface area (Å²) in [6.07, 6.45) is 1.31. The highest BCUT2D eigenvalue weighted by Crippen LogP contribution is 2.22. The van der Waals surface area contributed by atoms with Gasteiger partial charge < -0.3 is 15.7 Å². The van der Waals surface area contributed by atoms with Crippen molar-refractivity contribution in [3.05, 3.63) is 82.5 Å². The van der Waals surface area contributed by atoms with Gasteiger partial charge in [0.15, 0.2) is 11.5 Å². The molecule has 34 heavy (non-hydrogen) atoms. The molecule has 0 saturated carbocycles. The van der Waals surface area contributed by atoms with E-state index in [4.69, 9.17) is 11.6 Å². The molecule has 0 aliphatic rings. The molecule has 0 radical (unpaired) electrons. The number of nitrogens with zero attached hydrogens (tertiary/aromatic N) is 3. The number of aliphatic hydroxyl groups is 1. The van der Waals surface area contributed by atoms with Crippen LogP contribution in [0.5, 0.6) is 0 Å². The third-order valence-corrected chi connectivity index (χ3v) is 5.61. The Kier molecular flexibility index (Phi) is 6.90. The minimum atomic E-state index is -0.696. The van der Waals surface area contributed by atoms with E-state index in [1.54, 1.807) is 47.1 Å². The highest BCUT2D eigenvalue weighted by atomic mass is 35.5. The van der Waals surface area contributed by atoms with Gasteiger partial charge in [0.2, 0.25) is 5.91 Å². The molecule has 2 heterocycles. The van der Waals surface area contributed by atoms with Crippen molar-refractivity contribution in [1.29, 1.82) is 0 Å². The zero-order valence-electron chi connectivity index (χ0n) is 18.7. The Morgan fingerprint density at radius 3 is 2.62 bits per heavy atom. The number of benzene rings is 2. The first-order chi connectivity index (χ1) is 16.3. The number of hydrogen-bond donors (Lipinski definition) is 3. The molecule has 0 bridgehead atoms. The van der Waals surface area contributed by atoms with Crippen LogP contribution in [0.4, 0.5) is 5.82 Å². The molecule has 9 heteroatoms. The van der Waals surface area contributed by atoms with Crippen LogP contribution in [0.3, 0.4) is 0 Å². The number of aliphatic hydroxyl groups excluding tert-OH is 1. The summed E-state index contributed by atoms with van der Waals surface area (Å²) in [6, 6.07) is 16.2. The van der Waals surface area contributed by atoms with Gasteiger partial charge in [-0.3, -0.25) is 9.59 Å². The fourth-order valence-corrected chi connectivity index (χ4v) is 3.70. The molecule has 2 aromatic heterocycles. The first-order valence-electron chi connectivity index (χ1n) is 10.8. The van der Waals surface area contributed by atoms with Gasteiger partial charge >= 0.3 is 0 Å². The van der Waals surface area contributed by atoms with Crippen molar-refractivity contribution in [2.75, 3.05) is 11.9 Å². The summed E-state index contributed by atoms with van der Waals surface area (Å²) in [6.45, 7) is 3.60. The molecule has 4 aromatic rings. The first kappa shape index (κ1) is 23.4. The van der Waals surface area contributed by atoms with E-state index in [1.165, 1.54) is 6.92 Å². The summed E-state index contributed by atoms with van der Waals surface area (Å²) in [4.78, 5) is 28.4. The average Bonchev–Trinajstić information content (AvgIpc) is 3.20. The monoisotopic (exact) mass is 477 g/mol. The molecule has 1 atom stereocenters. The summed E-state index contributed by atoms with van der Waals surface area (Å²) in [5.74, 6) is -0.0141. The van der Waals surface area contributed by atoms with Gasteiger partial charge in [-0.1, -0.05) is 35.9 Å². The molecule has 4 rings (SSSR count). The second kappa shape index (κ2) is 10.0. The zero-order valence-corrected chi connectivity index (χ0v) is 19.5. The Labute approximate surface area is 201 Å². The molecule has 0 fully saturated rings. The predicted molar refractivity (Wildman–Crippen MR) is 131 cm³/mol. The lowest BCUT2D eigenvalue weighted by molar-refractivity contribution is -0.114. The maximum atomic E-state index is 12.8. The third-order valence-electron chi connectivity index (χ3n) is 5.36. The lowest BCUT2D eigenvalue weighted by Crippen LogP contribution is -2.26. The minimum Gasteiger partial charge on any atom is -0.388 e. The highest BCUT2D eigenvalue weighted by molar-refractivity contribution is 6.30. The van der Waals surface area contributed by atoms with Crippen molar-refractivity contribution >= 4 is 34.9 Å². The van der Waals surface area contributed by atoms with Gasteiger partial charge in [-0.2, -0.15) is 5.10 Å². The van der Waals surface area contributed by atoms with Gasteiger partial charge in [-0.15, -0.1) is 0 Å². The first-order valence-corrected chi connectivity index (χ1v) is 11.1. The molecular weight excluding hydrogens is 454 g/mol. The maximum absolute atomic E-state index is 12.8. The van der Waals surface area contributed by atoms with Gasteiger partial charge in [-0.25, -0.2) is 9.50 Å². The van der Waals surface area contributed by atoms with Crippen LogP contribution in [-0.2, 0) is 4.79 Å². The van der Waals surface area contributed by atoms with Crippen molar-refractivity contribution in [3.63, 3.8) is 0 Å². The summed E-state index contributed by atoms with van der Waals surface area (Å²) < 4.78 is 1.58. The van der Waals surface area contributed by atoms with E-state index in [1.807, 2.05) is 25.1 Å². The number of rotatable bonds is 7. The molecule has 0 unspecified atom stereocenters. The number of fused-ring (bicyclic) bond motifs is 1. The number of imidazole rings is 1. The molecular formula is C25H24ClN5O3. The van der Waals surface area contributed by atoms with E-state index >= 15 is 0 Å². The number of halogens is 1. The summed E-state index contributed by atoms with van der Waals surface area (Å²) in [5, 5.41) is 21.0. The molecule has 2 aromatic carbocycles. The van der Waals surface area contributed by atoms with Crippen LogP contribution < -0.4 is 10.6 Å². The molecule has 0 spiro atoms. The number of carbonyl (C=O) groups is 2. The van der Waals surface area contributed by atoms with Crippen LogP contribution in [-0.4, -0.2) is 38.1 Å². The van der Waals surface area contributed by atoms with Crippen LogP contribution in [0.25, 0.3) is 16.9 Å². The number of amides is 2. The molecule has 0 aliphatic carbocycles. The third kappa shape index (κ3) is 5.41. The maximum Gasteiger partial charge on any atom is 0.251 e. The van der Waals surface area contributed by atoms with E-state index in [0.717, 1.165) is 16.7 Å².